The third-order valence-electron chi connectivity index (χ3n) is 4.57. The Balaban J connectivity index is 2.17. The molecule has 0 saturated carbocycles. The van der Waals surface area contributed by atoms with Crippen LogP contribution in [0, 0.1) is 6.92 Å². The Morgan fingerprint density at radius 2 is 1.79 bits per heavy atom. The van der Waals surface area contributed by atoms with Crippen molar-refractivity contribution in [3.63, 3.8) is 0 Å². The number of hydrogen-bond acceptors (Lipinski definition) is 9. The minimum absolute atomic E-state index is 0.0412. The van der Waals surface area contributed by atoms with Crippen molar-refractivity contribution >= 4 is 11.9 Å². The molecule has 1 aliphatic heterocycles. The molecule has 162 valence electrons. The highest BCUT2D eigenvalue weighted by Gasteiger charge is 2.45. The smallest absolute Gasteiger partial charge is 0.317 e. The number of esters is 1. The SMILES string of the molecule is Cc1cc(OC2OC(COC(=O)CC(=O)O)C(O)C(O)C2O)c(C(C)C)cc1O. The predicted molar refractivity (Wildman–Crippen MR) is 97.5 cm³/mol. The topological polar surface area (TPSA) is 163 Å². The van der Waals surface area contributed by atoms with Crippen LogP contribution < -0.4 is 4.74 Å². The molecule has 1 fully saturated rings. The molecule has 5 unspecified atom stereocenters. The van der Waals surface area contributed by atoms with Crippen molar-refractivity contribution < 1.29 is 49.3 Å². The molecule has 1 aliphatic rings. The van der Waals surface area contributed by atoms with E-state index in [1.54, 1.807) is 13.0 Å². The van der Waals surface area contributed by atoms with E-state index in [4.69, 9.17) is 19.3 Å². The number of ether oxygens (including phenoxy) is 3. The zero-order valence-corrected chi connectivity index (χ0v) is 16.3. The van der Waals surface area contributed by atoms with Crippen LogP contribution in [0.5, 0.6) is 11.5 Å². The van der Waals surface area contributed by atoms with Crippen molar-refractivity contribution in [2.45, 2.75) is 63.8 Å². The number of aliphatic hydroxyl groups is 3. The standard InChI is InChI=1S/C19H26O10/c1-8(2)10-5-11(20)9(3)4-12(10)28-19-18(26)17(25)16(24)13(29-19)7-27-15(23)6-14(21)22/h4-5,8,13,16-20,24-26H,6-7H2,1-3H3,(H,21,22). The van der Waals surface area contributed by atoms with E-state index in [-0.39, 0.29) is 11.7 Å². The van der Waals surface area contributed by atoms with E-state index >= 15 is 0 Å². The quantitative estimate of drug-likeness (QED) is 0.304. The maximum atomic E-state index is 11.4. The number of aryl methyl sites for hydroxylation is 1. The molecule has 1 aromatic carbocycles. The second-order valence-electron chi connectivity index (χ2n) is 7.22. The van der Waals surface area contributed by atoms with Gasteiger partial charge in [-0.3, -0.25) is 9.59 Å². The van der Waals surface area contributed by atoms with E-state index in [0.29, 0.717) is 16.9 Å². The zero-order valence-electron chi connectivity index (χ0n) is 16.3. The number of phenols is 1. The summed E-state index contributed by atoms with van der Waals surface area (Å²) in [5.41, 5.74) is 1.16. The third kappa shape index (κ3) is 5.57. The van der Waals surface area contributed by atoms with Gasteiger partial charge in [-0.15, -0.1) is 0 Å². The first kappa shape index (κ1) is 22.9. The van der Waals surface area contributed by atoms with Gasteiger partial charge >= 0.3 is 11.9 Å². The van der Waals surface area contributed by atoms with Crippen LogP contribution in [-0.4, -0.2) is 74.8 Å². The van der Waals surface area contributed by atoms with Crippen LogP contribution in [0.2, 0.25) is 0 Å². The number of aliphatic hydroxyl groups excluding tert-OH is 3. The van der Waals surface area contributed by atoms with E-state index in [2.05, 4.69) is 0 Å². The van der Waals surface area contributed by atoms with Crippen LogP contribution in [0.25, 0.3) is 0 Å². The van der Waals surface area contributed by atoms with Gasteiger partial charge in [0.25, 0.3) is 0 Å². The van der Waals surface area contributed by atoms with Gasteiger partial charge in [-0.2, -0.15) is 0 Å². The van der Waals surface area contributed by atoms with Gasteiger partial charge in [-0.1, -0.05) is 13.8 Å². The summed E-state index contributed by atoms with van der Waals surface area (Å²) in [6, 6.07) is 3.08. The maximum Gasteiger partial charge on any atom is 0.317 e. The summed E-state index contributed by atoms with van der Waals surface area (Å²) in [5, 5.41) is 48.9. The van der Waals surface area contributed by atoms with Crippen LogP contribution >= 0.6 is 0 Å². The zero-order chi connectivity index (χ0) is 21.9. The second kappa shape index (κ2) is 9.40. The van der Waals surface area contributed by atoms with Gasteiger partial charge in [0.15, 0.2) is 0 Å². The first-order valence-corrected chi connectivity index (χ1v) is 9.08. The van der Waals surface area contributed by atoms with Gasteiger partial charge in [-0.05, 0) is 30.5 Å². The summed E-state index contributed by atoms with van der Waals surface area (Å²) in [6.45, 7) is 4.87. The average Bonchev–Trinajstić information content (AvgIpc) is 2.63. The molecule has 0 aliphatic carbocycles. The minimum Gasteiger partial charge on any atom is -0.508 e. The van der Waals surface area contributed by atoms with Crippen molar-refractivity contribution in [3.05, 3.63) is 23.3 Å². The van der Waals surface area contributed by atoms with Crippen LogP contribution in [0.1, 0.15) is 37.3 Å². The summed E-state index contributed by atoms with van der Waals surface area (Å²) < 4.78 is 16.0. The fraction of sp³-hybridized carbons (Fsp3) is 0.579. The number of carbonyl (C=O) groups excluding carboxylic acids is 1. The number of aromatic hydroxyl groups is 1. The lowest BCUT2D eigenvalue weighted by Gasteiger charge is -2.40. The van der Waals surface area contributed by atoms with Crippen LogP contribution in [0.3, 0.4) is 0 Å². The van der Waals surface area contributed by atoms with E-state index < -0.39 is 55.7 Å². The highest BCUT2D eigenvalue weighted by molar-refractivity contribution is 5.90. The molecule has 5 atom stereocenters. The number of carboxylic acids is 1. The Labute approximate surface area is 167 Å². The monoisotopic (exact) mass is 414 g/mol. The number of phenolic OH excluding ortho intramolecular Hbond substituents is 1. The van der Waals surface area contributed by atoms with Crippen molar-refractivity contribution in [2.75, 3.05) is 6.61 Å². The summed E-state index contributed by atoms with van der Waals surface area (Å²) in [6.07, 6.45) is -8.37. The van der Waals surface area contributed by atoms with Crippen LogP contribution in [-0.2, 0) is 19.1 Å². The number of benzene rings is 1. The van der Waals surface area contributed by atoms with Crippen LogP contribution in [0.15, 0.2) is 12.1 Å². The molecule has 29 heavy (non-hydrogen) atoms. The molecule has 0 bridgehead atoms. The maximum absolute atomic E-state index is 11.4. The molecule has 0 radical (unpaired) electrons. The highest BCUT2D eigenvalue weighted by atomic mass is 16.7. The molecule has 0 amide bonds. The molecule has 10 heteroatoms. The fourth-order valence-electron chi connectivity index (χ4n) is 2.87. The van der Waals surface area contributed by atoms with Gasteiger partial charge in [0.05, 0.1) is 0 Å². The van der Waals surface area contributed by atoms with E-state index in [0.717, 1.165) is 0 Å². The summed E-state index contributed by atoms with van der Waals surface area (Å²) in [4.78, 5) is 21.9. The van der Waals surface area contributed by atoms with Gasteiger partial charge in [0.1, 0.15) is 48.9 Å². The molecule has 1 heterocycles. The fourth-order valence-corrected chi connectivity index (χ4v) is 2.87. The van der Waals surface area contributed by atoms with E-state index in [1.807, 2.05) is 13.8 Å². The van der Waals surface area contributed by atoms with E-state index in [1.165, 1.54) is 6.07 Å². The molecule has 2 rings (SSSR count). The Morgan fingerprint density at radius 1 is 1.14 bits per heavy atom. The van der Waals surface area contributed by atoms with Crippen molar-refractivity contribution in [1.29, 1.82) is 0 Å². The number of carboxylic acid groups (broad SMARTS) is 1. The number of hydrogen-bond donors (Lipinski definition) is 5. The third-order valence-corrected chi connectivity index (χ3v) is 4.57. The summed E-state index contributed by atoms with van der Waals surface area (Å²) in [5.74, 6) is -2.07. The molecule has 1 saturated heterocycles. The lowest BCUT2D eigenvalue weighted by molar-refractivity contribution is -0.278. The Hall–Kier alpha value is -2.40. The molecule has 0 spiro atoms. The Bertz CT molecular complexity index is 747. The average molecular weight is 414 g/mol. The second-order valence-corrected chi connectivity index (χ2v) is 7.22. The van der Waals surface area contributed by atoms with Gasteiger partial charge in [0, 0.05) is 5.56 Å². The van der Waals surface area contributed by atoms with Crippen molar-refractivity contribution in [2.24, 2.45) is 0 Å². The predicted octanol–water partition coefficient (Wildman–Crippen LogP) is 0.0283. The molecule has 1 aromatic rings. The largest absolute Gasteiger partial charge is 0.508 e. The molecule has 10 nitrogen and oxygen atoms in total. The first-order valence-electron chi connectivity index (χ1n) is 9.08. The van der Waals surface area contributed by atoms with Crippen LogP contribution in [0.4, 0.5) is 0 Å². The normalized spacial score (nSPS) is 26.9. The molecule has 0 aromatic heterocycles. The van der Waals surface area contributed by atoms with Gasteiger partial charge in [0.2, 0.25) is 6.29 Å². The van der Waals surface area contributed by atoms with Gasteiger partial charge in [-0.25, -0.2) is 0 Å². The Kier molecular flexibility index (Phi) is 7.42. The number of aliphatic carboxylic acids is 1. The number of rotatable bonds is 7. The molecule has 5 N–H and O–H groups in total. The summed E-state index contributed by atoms with van der Waals surface area (Å²) in [7, 11) is 0. The van der Waals surface area contributed by atoms with Crippen molar-refractivity contribution in [3.8, 4) is 11.5 Å². The minimum atomic E-state index is -1.65. The lowest BCUT2D eigenvalue weighted by atomic mass is 9.98. The van der Waals surface area contributed by atoms with Crippen molar-refractivity contribution in [1.82, 2.24) is 0 Å². The summed E-state index contributed by atoms with van der Waals surface area (Å²) >= 11 is 0. The highest BCUT2D eigenvalue weighted by Crippen LogP contribution is 2.35. The van der Waals surface area contributed by atoms with Gasteiger partial charge < -0.3 is 39.7 Å². The lowest BCUT2D eigenvalue weighted by Crippen LogP contribution is -2.60. The first-order chi connectivity index (χ1) is 13.5. The molecular formula is C19H26O10. The van der Waals surface area contributed by atoms with E-state index in [9.17, 15) is 30.0 Å². The molecular weight excluding hydrogens is 388 g/mol. The Morgan fingerprint density at radius 3 is 2.38 bits per heavy atom. The number of carbonyl (C=O) groups is 2.